The molecule has 0 fully saturated rings. The number of rotatable bonds is 4. The molecule has 124 valence electrons. The third-order valence-electron chi connectivity index (χ3n) is 4.37. The van der Waals surface area contributed by atoms with E-state index in [0.29, 0.717) is 6.42 Å². The summed E-state index contributed by atoms with van der Waals surface area (Å²) >= 11 is 3.25. The van der Waals surface area contributed by atoms with Crippen LogP contribution in [0.3, 0.4) is 0 Å². The zero-order valence-corrected chi connectivity index (χ0v) is 15.0. The molecule has 0 spiro atoms. The summed E-state index contributed by atoms with van der Waals surface area (Å²) in [5, 5.41) is 14.6. The Hall–Kier alpha value is -1.99. The van der Waals surface area contributed by atoms with Crippen LogP contribution in [0, 0.1) is 0 Å². The van der Waals surface area contributed by atoms with Gasteiger partial charge in [0.15, 0.2) is 0 Å². The quantitative estimate of drug-likeness (QED) is 0.778. The largest absolute Gasteiger partial charge is 0.349 e. The van der Waals surface area contributed by atoms with Crippen molar-refractivity contribution >= 4 is 28.6 Å². The maximum Gasteiger partial charge on any atom is 0.226 e. The van der Waals surface area contributed by atoms with Gasteiger partial charge in [-0.3, -0.25) is 9.48 Å². The molecule has 0 saturated carbocycles. The summed E-state index contributed by atoms with van der Waals surface area (Å²) in [6, 6.07) is 2.13. The second kappa shape index (κ2) is 6.49. The van der Waals surface area contributed by atoms with Gasteiger partial charge in [0.2, 0.25) is 5.91 Å². The summed E-state index contributed by atoms with van der Waals surface area (Å²) in [6.07, 6.45) is 5.30. The van der Waals surface area contributed by atoms with E-state index in [9.17, 15) is 4.79 Å². The molecule has 1 atom stereocenters. The van der Waals surface area contributed by atoms with Crippen LogP contribution in [0.15, 0.2) is 28.4 Å². The predicted octanol–water partition coefficient (Wildman–Crippen LogP) is 3.34. The van der Waals surface area contributed by atoms with Gasteiger partial charge in [0.05, 0.1) is 24.4 Å². The number of nitrogens with one attached hydrogen (secondary N) is 1. The van der Waals surface area contributed by atoms with Crippen LogP contribution in [0.4, 0.5) is 0 Å². The fraction of sp³-hybridized carbons (Fsp3) is 0.353. The Morgan fingerprint density at radius 2 is 2.38 bits per heavy atom. The van der Waals surface area contributed by atoms with Gasteiger partial charge in [-0.25, -0.2) is 4.98 Å². The molecule has 3 aromatic rings. The Bertz CT molecular complexity index is 850. The normalized spacial score (nSPS) is 16.8. The van der Waals surface area contributed by atoms with E-state index in [-0.39, 0.29) is 11.9 Å². The highest BCUT2D eigenvalue weighted by molar-refractivity contribution is 7.14. The summed E-state index contributed by atoms with van der Waals surface area (Å²) in [5.74, 6) is 0.0267. The fourth-order valence-corrected chi connectivity index (χ4v) is 4.70. The summed E-state index contributed by atoms with van der Waals surface area (Å²) in [5.41, 5.74) is 4.36. The summed E-state index contributed by atoms with van der Waals surface area (Å²) < 4.78 is 1.92. The minimum absolute atomic E-state index is 0.0267. The van der Waals surface area contributed by atoms with Crippen LogP contribution in [0.2, 0.25) is 0 Å². The van der Waals surface area contributed by atoms with Crippen molar-refractivity contribution in [2.24, 2.45) is 7.05 Å². The Morgan fingerprint density at radius 3 is 3.21 bits per heavy atom. The van der Waals surface area contributed by atoms with Crippen molar-refractivity contribution in [1.82, 2.24) is 20.1 Å². The molecule has 0 unspecified atom stereocenters. The van der Waals surface area contributed by atoms with Crippen molar-refractivity contribution in [3.8, 4) is 10.6 Å². The van der Waals surface area contributed by atoms with Crippen molar-refractivity contribution < 1.29 is 4.79 Å². The summed E-state index contributed by atoms with van der Waals surface area (Å²) in [7, 11) is 1.96. The minimum Gasteiger partial charge on any atom is -0.349 e. The third kappa shape index (κ3) is 3.01. The molecule has 4 rings (SSSR count). The number of carbonyl (C=O) groups excluding carboxylic acids is 1. The van der Waals surface area contributed by atoms with Gasteiger partial charge >= 0.3 is 0 Å². The number of fused-ring (bicyclic) bond motifs is 1. The lowest BCUT2D eigenvalue weighted by molar-refractivity contribution is -0.121. The van der Waals surface area contributed by atoms with Gasteiger partial charge in [0, 0.05) is 34.6 Å². The zero-order chi connectivity index (χ0) is 16.5. The van der Waals surface area contributed by atoms with E-state index in [0.717, 1.165) is 41.1 Å². The summed E-state index contributed by atoms with van der Waals surface area (Å²) in [4.78, 5) is 17.0. The van der Waals surface area contributed by atoms with Gasteiger partial charge in [0.25, 0.3) is 0 Å². The van der Waals surface area contributed by atoms with E-state index in [1.807, 2.05) is 28.7 Å². The molecule has 1 amide bonds. The molecule has 7 heteroatoms. The van der Waals surface area contributed by atoms with Crippen molar-refractivity contribution in [1.29, 1.82) is 0 Å². The fourth-order valence-electron chi connectivity index (χ4n) is 3.17. The predicted molar refractivity (Wildman–Crippen MR) is 96.2 cm³/mol. The molecule has 1 N–H and O–H groups in total. The van der Waals surface area contributed by atoms with E-state index in [1.165, 1.54) is 5.69 Å². The third-order valence-corrected chi connectivity index (χ3v) is 6.00. The molecular weight excluding hydrogens is 340 g/mol. The maximum atomic E-state index is 12.4. The number of hydrogen-bond acceptors (Lipinski definition) is 5. The molecular formula is C17H18N4OS2. The van der Waals surface area contributed by atoms with Crippen molar-refractivity contribution in [3.05, 3.63) is 45.4 Å². The lowest BCUT2D eigenvalue weighted by atomic mass is 9.93. The zero-order valence-electron chi connectivity index (χ0n) is 13.4. The molecule has 5 nitrogen and oxygen atoms in total. The van der Waals surface area contributed by atoms with E-state index in [1.54, 1.807) is 22.7 Å². The number of amides is 1. The van der Waals surface area contributed by atoms with Crippen molar-refractivity contribution in [2.45, 2.75) is 31.7 Å². The Balaban J connectivity index is 1.43. The number of hydrogen-bond donors (Lipinski definition) is 1. The van der Waals surface area contributed by atoms with Gasteiger partial charge in [-0.1, -0.05) is 0 Å². The molecule has 0 bridgehead atoms. The molecule has 0 radical (unpaired) electrons. The van der Waals surface area contributed by atoms with Crippen LogP contribution in [0.5, 0.6) is 0 Å². The van der Waals surface area contributed by atoms with Crippen LogP contribution in [0.1, 0.15) is 35.8 Å². The highest BCUT2D eigenvalue weighted by Crippen LogP contribution is 2.29. The first kappa shape index (κ1) is 15.5. The number of carbonyl (C=O) groups is 1. The Morgan fingerprint density at radius 1 is 1.46 bits per heavy atom. The highest BCUT2D eigenvalue weighted by atomic mass is 32.1. The second-order valence-corrected chi connectivity index (χ2v) is 7.65. The van der Waals surface area contributed by atoms with Gasteiger partial charge < -0.3 is 5.32 Å². The molecule has 0 aromatic carbocycles. The molecule has 0 saturated heterocycles. The standard InChI is InChI=1S/C17H18N4OS2/c1-21-15-4-2-3-14(13(15)8-18-21)20-16(22)7-12-10-24-17(19-12)11-5-6-23-9-11/h5-6,8-10,14H,2-4,7H2,1H3,(H,20,22)/t14-/m0/s1. The number of aromatic nitrogens is 3. The topological polar surface area (TPSA) is 59.8 Å². The first-order chi connectivity index (χ1) is 11.7. The number of aryl methyl sites for hydroxylation is 1. The molecule has 3 aromatic heterocycles. The van der Waals surface area contributed by atoms with Crippen LogP contribution in [-0.2, 0) is 24.7 Å². The first-order valence-electron chi connectivity index (χ1n) is 7.98. The Labute approximate surface area is 148 Å². The van der Waals surface area contributed by atoms with E-state index in [2.05, 4.69) is 26.8 Å². The molecule has 24 heavy (non-hydrogen) atoms. The summed E-state index contributed by atoms with van der Waals surface area (Å²) in [6.45, 7) is 0. The van der Waals surface area contributed by atoms with Crippen LogP contribution in [-0.4, -0.2) is 20.7 Å². The van der Waals surface area contributed by atoms with Gasteiger partial charge in [0.1, 0.15) is 5.01 Å². The SMILES string of the molecule is Cn1ncc2c1CCC[C@@H]2NC(=O)Cc1csc(-c2ccsc2)n1. The number of nitrogens with zero attached hydrogens (tertiary/aromatic N) is 3. The molecule has 1 aliphatic rings. The number of thiazole rings is 1. The maximum absolute atomic E-state index is 12.4. The van der Waals surface area contributed by atoms with E-state index >= 15 is 0 Å². The first-order valence-corrected chi connectivity index (χ1v) is 9.80. The van der Waals surface area contributed by atoms with E-state index < -0.39 is 0 Å². The lowest BCUT2D eigenvalue weighted by Crippen LogP contribution is -2.32. The molecule has 1 aliphatic carbocycles. The molecule has 3 heterocycles. The smallest absolute Gasteiger partial charge is 0.226 e. The van der Waals surface area contributed by atoms with Crippen molar-refractivity contribution in [3.63, 3.8) is 0 Å². The average molecular weight is 358 g/mol. The van der Waals surface area contributed by atoms with Crippen LogP contribution in [0.25, 0.3) is 10.6 Å². The monoisotopic (exact) mass is 358 g/mol. The lowest BCUT2D eigenvalue weighted by Gasteiger charge is -2.23. The minimum atomic E-state index is 0.0267. The molecule has 0 aliphatic heterocycles. The van der Waals surface area contributed by atoms with Crippen LogP contribution >= 0.6 is 22.7 Å². The van der Waals surface area contributed by atoms with Gasteiger partial charge in [-0.05, 0) is 30.7 Å². The average Bonchev–Trinajstić information content (AvgIpc) is 3.29. The van der Waals surface area contributed by atoms with Crippen LogP contribution < -0.4 is 5.32 Å². The highest BCUT2D eigenvalue weighted by Gasteiger charge is 2.24. The van der Waals surface area contributed by atoms with Crippen molar-refractivity contribution in [2.75, 3.05) is 0 Å². The Kier molecular flexibility index (Phi) is 4.20. The number of thiophene rings is 1. The van der Waals surface area contributed by atoms with E-state index in [4.69, 9.17) is 0 Å². The second-order valence-electron chi connectivity index (χ2n) is 6.02. The van der Waals surface area contributed by atoms with Gasteiger partial charge in [-0.2, -0.15) is 16.4 Å². The van der Waals surface area contributed by atoms with Gasteiger partial charge in [-0.15, -0.1) is 11.3 Å².